The van der Waals surface area contributed by atoms with E-state index >= 15 is 0 Å². The van der Waals surface area contributed by atoms with Gasteiger partial charge >= 0.3 is 0 Å². The average Bonchev–Trinajstić information content (AvgIpc) is 2.78. The third kappa shape index (κ3) is 3.03. The number of pyridine rings is 1. The Morgan fingerprint density at radius 1 is 1.50 bits per heavy atom. The van der Waals surface area contributed by atoms with Crippen LogP contribution < -0.4 is 0 Å². The van der Waals surface area contributed by atoms with Crippen molar-refractivity contribution >= 4 is 11.6 Å². The zero-order valence-corrected chi connectivity index (χ0v) is 10.0. The number of aliphatic hydroxyl groups excluding tert-OH is 1. The molecule has 0 aliphatic heterocycles. The van der Waals surface area contributed by atoms with Crippen LogP contribution in [0, 0.1) is 11.3 Å². The second-order valence-corrected chi connectivity index (χ2v) is 4.03. The molecule has 1 unspecified atom stereocenters. The number of hydrogen-bond acceptors (Lipinski definition) is 6. The molecule has 1 N–H and O–H groups in total. The molecule has 0 radical (unpaired) electrons. The summed E-state index contributed by atoms with van der Waals surface area (Å²) in [7, 11) is 0. The number of nitrogens with zero attached hydrogens (tertiary/aromatic N) is 4. The van der Waals surface area contributed by atoms with Crippen LogP contribution in [0.4, 0.5) is 0 Å². The van der Waals surface area contributed by atoms with Gasteiger partial charge in [-0.15, -0.1) is 0 Å². The van der Waals surface area contributed by atoms with E-state index in [9.17, 15) is 5.11 Å². The van der Waals surface area contributed by atoms with E-state index in [-0.39, 0.29) is 18.7 Å². The van der Waals surface area contributed by atoms with E-state index in [0.29, 0.717) is 16.5 Å². The highest BCUT2D eigenvalue weighted by molar-refractivity contribution is 6.30. The van der Waals surface area contributed by atoms with Crippen molar-refractivity contribution < 1.29 is 9.63 Å². The molecule has 1 atom stereocenters. The first-order valence-corrected chi connectivity index (χ1v) is 5.56. The van der Waals surface area contributed by atoms with Crippen LogP contribution in [0.2, 0.25) is 5.02 Å². The molecule has 2 heterocycles. The van der Waals surface area contributed by atoms with E-state index in [0.717, 1.165) is 0 Å². The molecule has 0 bridgehead atoms. The second kappa shape index (κ2) is 5.58. The van der Waals surface area contributed by atoms with Crippen molar-refractivity contribution in [2.45, 2.75) is 18.9 Å². The topological polar surface area (TPSA) is 95.8 Å². The Balaban J connectivity index is 2.11. The van der Waals surface area contributed by atoms with E-state index in [1.54, 1.807) is 12.1 Å². The lowest BCUT2D eigenvalue weighted by atomic mass is 10.2. The number of hydrogen-bond donors (Lipinski definition) is 1. The van der Waals surface area contributed by atoms with Gasteiger partial charge in [0, 0.05) is 6.20 Å². The van der Waals surface area contributed by atoms with Gasteiger partial charge in [0.25, 0.3) is 0 Å². The maximum Gasteiger partial charge on any atom is 0.229 e. The van der Waals surface area contributed by atoms with Gasteiger partial charge in [0.15, 0.2) is 0 Å². The van der Waals surface area contributed by atoms with Crippen LogP contribution in [0.3, 0.4) is 0 Å². The molecule has 0 aliphatic carbocycles. The minimum absolute atomic E-state index is 0.0247. The zero-order valence-electron chi connectivity index (χ0n) is 9.25. The van der Waals surface area contributed by atoms with Crippen molar-refractivity contribution in [1.82, 2.24) is 15.1 Å². The first-order chi connectivity index (χ1) is 8.69. The SMILES string of the molecule is N#CCC(O)Cc1nc(-c2ccc(Cl)cn2)no1. The number of rotatable bonds is 4. The van der Waals surface area contributed by atoms with E-state index in [1.165, 1.54) is 6.20 Å². The Morgan fingerprint density at radius 2 is 2.33 bits per heavy atom. The van der Waals surface area contributed by atoms with Crippen LogP contribution in [0.5, 0.6) is 0 Å². The molecule has 0 fully saturated rings. The molecule has 2 aromatic heterocycles. The lowest BCUT2D eigenvalue weighted by molar-refractivity contribution is 0.167. The standard InChI is InChI=1S/C11H9ClN4O2/c12-7-1-2-9(14-6-7)11-15-10(18-16-11)5-8(17)3-4-13/h1-2,6,8,17H,3,5H2. The first-order valence-electron chi connectivity index (χ1n) is 5.18. The lowest BCUT2D eigenvalue weighted by Gasteiger charge is -1.99. The molecular formula is C11H9ClN4O2. The average molecular weight is 265 g/mol. The summed E-state index contributed by atoms with van der Waals surface area (Å²) < 4.78 is 4.96. The summed E-state index contributed by atoms with van der Waals surface area (Å²) in [5.41, 5.74) is 0.532. The number of nitriles is 1. The molecule has 92 valence electrons. The molecule has 0 spiro atoms. The predicted molar refractivity (Wildman–Crippen MR) is 62.5 cm³/mol. The van der Waals surface area contributed by atoms with Gasteiger partial charge in [-0.3, -0.25) is 4.98 Å². The Bertz CT molecular complexity index is 561. The molecule has 18 heavy (non-hydrogen) atoms. The summed E-state index contributed by atoms with van der Waals surface area (Å²) in [6, 6.07) is 5.21. The van der Waals surface area contributed by atoms with Gasteiger partial charge in [-0.1, -0.05) is 16.8 Å². The fraction of sp³-hybridized carbons (Fsp3) is 0.273. The Hall–Kier alpha value is -1.97. The van der Waals surface area contributed by atoms with Crippen molar-refractivity contribution in [2.75, 3.05) is 0 Å². The molecule has 0 aromatic carbocycles. The molecule has 0 aliphatic rings. The fourth-order valence-electron chi connectivity index (χ4n) is 1.33. The monoisotopic (exact) mass is 264 g/mol. The summed E-state index contributed by atoms with van der Waals surface area (Å²) in [6.07, 6.45) is 0.851. The van der Waals surface area contributed by atoms with Crippen LogP contribution in [-0.2, 0) is 6.42 Å². The van der Waals surface area contributed by atoms with Crippen molar-refractivity contribution in [3.63, 3.8) is 0 Å². The molecule has 6 nitrogen and oxygen atoms in total. The van der Waals surface area contributed by atoms with Crippen molar-refractivity contribution in [3.05, 3.63) is 29.2 Å². The summed E-state index contributed by atoms with van der Waals surface area (Å²) in [4.78, 5) is 8.13. The van der Waals surface area contributed by atoms with E-state index in [4.69, 9.17) is 21.4 Å². The maximum atomic E-state index is 9.44. The highest BCUT2D eigenvalue weighted by Crippen LogP contribution is 2.16. The minimum atomic E-state index is -0.804. The summed E-state index contributed by atoms with van der Waals surface area (Å²) in [6.45, 7) is 0. The third-order valence-electron chi connectivity index (χ3n) is 2.16. The second-order valence-electron chi connectivity index (χ2n) is 3.59. The normalized spacial score (nSPS) is 12.1. The highest BCUT2D eigenvalue weighted by Gasteiger charge is 2.13. The summed E-state index contributed by atoms with van der Waals surface area (Å²) in [5, 5.41) is 22.1. The Morgan fingerprint density at radius 3 is 3.00 bits per heavy atom. The smallest absolute Gasteiger partial charge is 0.229 e. The minimum Gasteiger partial charge on any atom is -0.392 e. The van der Waals surface area contributed by atoms with Gasteiger partial charge < -0.3 is 9.63 Å². The number of aromatic nitrogens is 3. The van der Waals surface area contributed by atoms with Gasteiger partial charge in [-0.2, -0.15) is 10.2 Å². The molecule has 2 aromatic rings. The van der Waals surface area contributed by atoms with Crippen LogP contribution in [0.15, 0.2) is 22.9 Å². The fourth-order valence-corrected chi connectivity index (χ4v) is 1.44. The maximum absolute atomic E-state index is 9.44. The Kier molecular flexibility index (Phi) is 3.87. The number of halogens is 1. The molecular weight excluding hydrogens is 256 g/mol. The highest BCUT2D eigenvalue weighted by atomic mass is 35.5. The van der Waals surface area contributed by atoms with Crippen LogP contribution >= 0.6 is 11.6 Å². The van der Waals surface area contributed by atoms with Crippen molar-refractivity contribution in [1.29, 1.82) is 5.26 Å². The quantitative estimate of drug-likeness (QED) is 0.901. The zero-order chi connectivity index (χ0) is 13.0. The predicted octanol–water partition coefficient (Wildman–Crippen LogP) is 1.60. The van der Waals surface area contributed by atoms with Gasteiger partial charge in [0.1, 0.15) is 5.69 Å². The molecule has 0 saturated carbocycles. The van der Waals surface area contributed by atoms with Crippen molar-refractivity contribution in [2.24, 2.45) is 0 Å². The largest absolute Gasteiger partial charge is 0.392 e. The Labute approximate surface area is 108 Å². The summed E-state index contributed by atoms with van der Waals surface area (Å²) >= 11 is 5.72. The van der Waals surface area contributed by atoms with E-state index < -0.39 is 6.10 Å². The van der Waals surface area contributed by atoms with Gasteiger partial charge in [0.05, 0.1) is 30.0 Å². The van der Waals surface area contributed by atoms with Gasteiger partial charge in [-0.05, 0) is 12.1 Å². The molecule has 2 rings (SSSR count). The number of aliphatic hydroxyl groups is 1. The van der Waals surface area contributed by atoms with Crippen LogP contribution in [0.25, 0.3) is 11.5 Å². The third-order valence-corrected chi connectivity index (χ3v) is 2.39. The first kappa shape index (κ1) is 12.5. The molecule has 0 amide bonds. The van der Waals surface area contributed by atoms with Crippen LogP contribution in [0.1, 0.15) is 12.3 Å². The van der Waals surface area contributed by atoms with E-state index in [2.05, 4.69) is 15.1 Å². The molecule has 0 saturated heterocycles. The van der Waals surface area contributed by atoms with Crippen molar-refractivity contribution in [3.8, 4) is 17.6 Å². The van der Waals surface area contributed by atoms with Crippen LogP contribution in [-0.4, -0.2) is 26.3 Å². The molecule has 7 heteroatoms. The summed E-state index contributed by atoms with van der Waals surface area (Å²) in [5.74, 6) is 0.593. The van der Waals surface area contributed by atoms with Gasteiger partial charge in [0.2, 0.25) is 11.7 Å². The van der Waals surface area contributed by atoms with Gasteiger partial charge in [-0.25, -0.2) is 0 Å². The van der Waals surface area contributed by atoms with E-state index in [1.807, 2.05) is 6.07 Å². The lowest BCUT2D eigenvalue weighted by Crippen LogP contribution is -2.09.